The van der Waals surface area contributed by atoms with Crippen molar-refractivity contribution >= 4 is 5.91 Å². The smallest absolute Gasteiger partial charge is 0.256 e. The molecule has 1 heterocycles. The Morgan fingerprint density at radius 2 is 1.41 bits per heavy atom. The van der Waals surface area contributed by atoms with Crippen molar-refractivity contribution in [1.29, 1.82) is 0 Å². The highest BCUT2D eigenvalue weighted by molar-refractivity contribution is 5.99. The van der Waals surface area contributed by atoms with Crippen molar-refractivity contribution in [2.75, 3.05) is 0 Å². The van der Waals surface area contributed by atoms with E-state index in [1.54, 1.807) is 29.2 Å². The highest BCUT2D eigenvalue weighted by atomic mass is 19.1. The first-order valence-corrected chi connectivity index (χ1v) is 8.74. The lowest BCUT2D eigenvalue weighted by Crippen LogP contribution is -2.36. The number of carbonyl (C=O) groups is 1. The van der Waals surface area contributed by atoms with Crippen LogP contribution < -0.4 is 5.32 Å². The first kappa shape index (κ1) is 17.4. The van der Waals surface area contributed by atoms with Crippen LogP contribution in [0.1, 0.15) is 33.2 Å². The summed E-state index contributed by atoms with van der Waals surface area (Å²) in [6.45, 7) is 0.862. The van der Waals surface area contributed by atoms with Crippen molar-refractivity contribution in [3.8, 4) is 0 Å². The second-order valence-corrected chi connectivity index (χ2v) is 6.56. The molecule has 0 radical (unpaired) electrons. The number of nitrogens with zero attached hydrogens (tertiary/aromatic N) is 1. The zero-order chi connectivity index (χ0) is 18.8. The van der Waals surface area contributed by atoms with E-state index in [9.17, 15) is 13.6 Å². The SMILES string of the molecule is O=C1c2ccccc2C(NCc2ccc(F)cc2)N1Cc1ccc(F)cc1. The maximum absolute atomic E-state index is 13.2. The molecule has 3 aromatic rings. The molecule has 4 rings (SSSR count). The van der Waals surface area contributed by atoms with E-state index >= 15 is 0 Å². The van der Waals surface area contributed by atoms with Gasteiger partial charge in [-0.05, 0) is 41.5 Å². The van der Waals surface area contributed by atoms with Crippen molar-refractivity contribution in [2.45, 2.75) is 19.3 Å². The number of amides is 1. The Morgan fingerprint density at radius 3 is 2.07 bits per heavy atom. The predicted molar refractivity (Wildman–Crippen MR) is 98.7 cm³/mol. The monoisotopic (exact) mass is 364 g/mol. The fraction of sp³-hybridized carbons (Fsp3) is 0.136. The van der Waals surface area contributed by atoms with Gasteiger partial charge in [-0.25, -0.2) is 8.78 Å². The lowest BCUT2D eigenvalue weighted by atomic mass is 10.1. The summed E-state index contributed by atoms with van der Waals surface area (Å²) in [5.74, 6) is -0.648. The van der Waals surface area contributed by atoms with Crippen LogP contribution >= 0.6 is 0 Å². The molecule has 1 aliphatic rings. The van der Waals surface area contributed by atoms with E-state index in [1.807, 2.05) is 24.3 Å². The Labute approximate surface area is 156 Å². The van der Waals surface area contributed by atoms with E-state index in [0.717, 1.165) is 16.7 Å². The van der Waals surface area contributed by atoms with Gasteiger partial charge < -0.3 is 4.90 Å². The Kier molecular flexibility index (Phi) is 4.69. The highest BCUT2D eigenvalue weighted by Crippen LogP contribution is 2.33. The van der Waals surface area contributed by atoms with Crippen LogP contribution in [0.4, 0.5) is 8.78 Å². The van der Waals surface area contributed by atoms with Gasteiger partial charge >= 0.3 is 0 Å². The van der Waals surface area contributed by atoms with Gasteiger partial charge in [0.25, 0.3) is 5.91 Å². The van der Waals surface area contributed by atoms with Gasteiger partial charge in [0.05, 0.1) is 0 Å². The number of hydrogen-bond acceptors (Lipinski definition) is 2. The van der Waals surface area contributed by atoms with E-state index in [-0.39, 0.29) is 23.7 Å². The summed E-state index contributed by atoms with van der Waals surface area (Å²) >= 11 is 0. The molecular weight excluding hydrogens is 346 g/mol. The first-order chi connectivity index (χ1) is 13.1. The van der Waals surface area contributed by atoms with Crippen molar-refractivity contribution in [1.82, 2.24) is 10.2 Å². The summed E-state index contributed by atoms with van der Waals surface area (Å²) in [5.41, 5.74) is 3.35. The van der Waals surface area contributed by atoms with Crippen LogP contribution in [0.2, 0.25) is 0 Å². The van der Waals surface area contributed by atoms with Crippen LogP contribution in [-0.4, -0.2) is 10.8 Å². The zero-order valence-corrected chi connectivity index (χ0v) is 14.5. The topological polar surface area (TPSA) is 32.3 Å². The number of carbonyl (C=O) groups excluding carboxylic acids is 1. The molecule has 0 bridgehead atoms. The summed E-state index contributed by atoms with van der Waals surface area (Å²) in [6, 6.07) is 19.9. The first-order valence-electron chi connectivity index (χ1n) is 8.74. The summed E-state index contributed by atoms with van der Waals surface area (Å²) < 4.78 is 26.3. The molecule has 1 unspecified atom stereocenters. The van der Waals surface area contributed by atoms with Crippen LogP contribution in [0, 0.1) is 11.6 Å². The lowest BCUT2D eigenvalue weighted by Gasteiger charge is -2.26. The Balaban J connectivity index is 1.58. The average Bonchev–Trinajstić information content (AvgIpc) is 2.95. The summed E-state index contributed by atoms with van der Waals surface area (Å²) in [4.78, 5) is 14.6. The summed E-state index contributed by atoms with van der Waals surface area (Å²) in [6.07, 6.45) is -0.302. The third-order valence-corrected chi connectivity index (χ3v) is 4.74. The molecule has 0 fully saturated rings. The maximum Gasteiger partial charge on any atom is 0.256 e. The second-order valence-electron chi connectivity index (χ2n) is 6.56. The Bertz CT molecular complexity index is 955. The number of hydrogen-bond donors (Lipinski definition) is 1. The minimum Gasteiger partial charge on any atom is -0.315 e. The molecule has 0 saturated carbocycles. The fourth-order valence-electron chi connectivity index (χ4n) is 3.36. The minimum atomic E-state index is -0.305. The molecule has 1 N–H and O–H groups in total. The molecule has 0 aromatic heterocycles. The van der Waals surface area contributed by atoms with Crippen LogP contribution in [0.5, 0.6) is 0 Å². The van der Waals surface area contributed by atoms with E-state index in [4.69, 9.17) is 0 Å². The largest absolute Gasteiger partial charge is 0.315 e. The number of nitrogens with one attached hydrogen (secondary N) is 1. The van der Waals surface area contributed by atoms with Crippen LogP contribution in [-0.2, 0) is 13.1 Å². The molecule has 0 saturated heterocycles. The quantitative estimate of drug-likeness (QED) is 0.727. The minimum absolute atomic E-state index is 0.0634. The van der Waals surface area contributed by atoms with E-state index < -0.39 is 0 Å². The third kappa shape index (κ3) is 3.59. The van der Waals surface area contributed by atoms with E-state index in [0.29, 0.717) is 18.7 Å². The number of rotatable bonds is 5. The van der Waals surface area contributed by atoms with E-state index in [1.165, 1.54) is 24.3 Å². The summed E-state index contributed by atoms with van der Waals surface area (Å²) in [7, 11) is 0. The average molecular weight is 364 g/mol. The van der Waals surface area contributed by atoms with Gasteiger partial charge in [-0.1, -0.05) is 42.5 Å². The zero-order valence-electron chi connectivity index (χ0n) is 14.5. The molecular formula is C22H18F2N2O. The van der Waals surface area contributed by atoms with Gasteiger partial charge in [-0.15, -0.1) is 0 Å². The normalized spacial score (nSPS) is 15.9. The molecule has 3 nitrogen and oxygen atoms in total. The van der Waals surface area contributed by atoms with Crippen molar-refractivity contribution in [3.63, 3.8) is 0 Å². The third-order valence-electron chi connectivity index (χ3n) is 4.74. The van der Waals surface area contributed by atoms with Crippen LogP contribution in [0.25, 0.3) is 0 Å². The Morgan fingerprint density at radius 1 is 0.815 bits per heavy atom. The molecule has 136 valence electrons. The molecule has 1 atom stereocenters. The molecule has 1 amide bonds. The number of fused-ring (bicyclic) bond motifs is 1. The van der Waals surface area contributed by atoms with Gasteiger partial charge in [0, 0.05) is 24.2 Å². The fourth-order valence-corrected chi connectivity index (χ4v) is 3.36. The van der Waals surface area contributed by atoms with Gasteiger partial charge in [0.2, 0.25) is 0 Å². The van der Waals surface area contributed by atoms with Gasteiger partial charge in [0.15, 0.2) is 0 Å². The van der Waals surface area contributed by atoms with Gasteiger partial charge in [0.1, 0.15) is 17.8 Å². The molecule has 1 aliphatic heterocycles. The number of benzene rings is 3. The van der Waals surface area contributed by atoms with Crippen molar-refractivity contribution < 1.29 is 13.6 Å². The van der Waals surface area contributed by atoms with Gasteiger partial charge in [-0.2, -0.15) is 0 Å². The van der Waals surface area contributed by atoms with Crippen molar-refractivity contribution in [3.05, 3.63) is 107 Å². The van der Waals surface area contributed by atoms with Crippen LogP contribution in [0.3, 0.4) is 0 Å². The summed E-state index contributed by atoms with van der Waals surface area (Å²) in [5, 5.41) is 3.39. The molecule has 5 heteroatoms. The van der Waals surface area contributed by atoms with Gasteiger partial charge in [-0.3, -0.25) is 10.1 Å². The highest BCUT2D eigenvalue weighted by Gasteiger charge is 2.35. The maximum atomic E-state index is 13.2. The predicted octanol–water partition coefficient (Wildman–Crippen LogP) is 4.41. The molecule has 0 aliphatic carbocycles. The standard InChI is InChI=1S/C22H18F2N2O/c23-17-9-5-15(6-10-17)13-25-21-19-3-1-2-4-20(19)22(27)26(21)14-16-7-11-18(24)12-8-16/h1-12,21,25H,13-14H2. The second kappa shape index (κ2) is 7.29. The molecule has 0 spiro atoms. The molecule has 3 aromatic carbocycles. The van der Waals surface area contributed by atoms with Crippen LogP contribution in [0.15, 0.2) is 72.8 Å². The van der Waals surface area contributed by atoms with E-state index in [2.05, 4.69) is 5.32 Å². The number of halogens is 2. The Hall–Kier alpha value is -3.05. The molecule has 27 heavy (non-hydrogen) atoms. The lowest BCUT2D eigenvalue weighted by molar-refractivity contribution is 0.0675. The van der Waals surface area contributed by atoms with Crippen molar-refractivity contribution in [2.24, 2.45) is 0 Å².